The number of pyridine rings is 1. The minimum Gasteiger partial charge on any atom is -0.399 e. The van der Waals surface area contributed by atoms with Crippen molar-refractivity contribution in [2.45, 2.75) is 20.3 Å². The second-order valence-electron chi connectivity index (χ2n) is 4.80. The van der Waals surface area contributed by atoms with E-state index in [1.54, 1.807) is 0 Å². The van der Waals surface area contributed by atoms with Crippen LogP contribution in [0.2, 0.25) is 0 Å². The van der Waals surface area contributed by atoms with Crippen molar-refractivity contribution in [2.75, 3.05) is 17.6 Å². The maximum atomic E-state index is 9.19. The van der Waals surface area contributed by atoms with Gasteiger partial charge in [0.2, 0.25) is 0 Å². The molecule has 0 bridgehead atoms. The van der Waals surface area contributed by atoms with Crippen molar-refractivity contribution in [1.29, 1.82) is 5.26 Å². The van der Waals surface area contributed by atoms with Gasteiger partial charge in [0.15, 0.2) is 0 Å². The van der Waals surface area contributed by atoms with Crippen molar-refractivity contribution >= 4 is 11.4 Å². The molecule has 0 amide bonds. The van der Waals surface area contributed by atoms with Gasteiger partial charge in [-0.15, -0.1) is 0 Å². The van der Waals surface area contributed by atoms with E-state index < -0.39 is 0 Å². The number of nitrogens with zero attached hydrogens (tertiary/aromatic N) is 2. The predicted octanol–water partition coefficient (Wildman–Crippen LogP) is 2.81. The summed E-state index contributed by atoms with van der Waals surface area (Å²) >= 11 is 0. The molecule has 2 rings (SSSR count). The molecule has 0 saturated carbocycles. The van der Waals surface area contributed by atoms with E-state index in [1.165, 1.54) is 5.56 Å². The maximum absolute atomic E-state index is 9.19. The van der Waals surface area contributed by atoms with Gasteiger partial charge >= 0.3 is 0 Å². The number of hydrogen-bond acceptors (Lipinski definition) is 4. The topological polar surface area (TPSA) is 74.7 Å². The molecule has 0 aliphatic rings. The highest BCUT2D eigenvalue weighted by molar-refractivity contribution is 5.59. The van der Waals surface area contributed by atoms with Gasteiger partial charge in [-0.05, 0) is 44.0 Å². The summed E-state index contributed by atoms with van der Waals surface area (Å²) in [6.07, 6.45) is 0.881. The largest absolute Gasteiger partial charge is 0.399 e. The SMILES string of the molecule is Cc1cc(NCCc2ccc(N)cc2)c(C#N)c(C)n1. The highest BCUT2D eigenvalue weighted by atomic mass is 14.9. The zero-order valence-corrected chi connectivity index (χ0v) is 11.8. The molecule has 1 aromatic heterocycles. The molecule has 4 heteroatoms. The molecule has 1 aromatic carbocycles. The Morgan fingerprint density at radius 1 is 1.25 bits per heavy atom. The molecule has 0 spiro atoms. The summed E-state index contributed by atoms with van der Waals surface area (Å²) in [7, 11) is 0. The van der Waals surface area contributed by atoms with Crippen LogP contribution in [0.15, 0.2) is 30.3 Å². The van der Waals surface area contributed by atoms with E-state index in [1.807, 2.05) is 44.2 Å². The van der Waals surface area contributed by atoms with E-state index >= 15 is 0 Å². The molecule has 0 atom stereocenters. The Morgan fingerprint density at radius 3 is 2.60 bits per heavy atom. The number of aryl methyl sites for hydroxylation is 2. The summed E-state index contributed by atoms with van der Waals surface area (Å²) in [5, 5.41) is 12.5. The van der Waals surface area contributed by atoms with Crippen LogP contribution in [0, 0.1) is 25.2 Å². The number of nitriles is 1. The molecular weight excluding hydrogens is 248 g/mol. The number of nitrogens with two attached hydrogens (primary N) is 1. The van der Waals surface area contributed by atoms with E-state index in [0.29, 0.717) is 5.56 Å². The van der Waals surface area contributed by atoms with Crippen LogP contribution in [0.1, 0.15) is 22.5 Å². The number of nitrogens with one attached hydrogen (secondary N) is 1. The lowest BCUT2D eigenvalue weighted by molar-refractivity contribution is 1.01. The lowest BCUT2D eigenvalue weighted by Crippen LogP contribution is -2.08. The van der Waals surface area contributed by atoms with Gasteiger partial charge in [-0.2, -0.15) is 5.26 Å². The van der Waals surface area contributed by atoms with Gasteiger partial charge in [0.25, 0.3) is 0 Å². The second kappa shape index (κ2) is 6.07. The zero-order chi connectivity index (χ0) is 14.5. The Labute approximate surface area is 119 Å². The first-order valence-electron chi connectivity index (χ1n) is 6.57. The maximum Gasteiger partial charge on any atom is 0.103 e. The normalized spacial score (nSPS) is 10.1. The summed E-state index contributed by atoms with van der Waals surface area (Å²) in [6, 6.07) is 12.0. The van der Waals surface area contributed by atoms with Crippen LogP contribution in [-0.4, -0.2) is 11.5 Å². The quantitative estimate of drug-likeness (QED) is 0.834. The lowest BCUT2D eigenvalue weighted by atomic mass is 10.1. The summed E-state index contributed by atoms with van der Waals surface area (Å²) in [5.74, 6) is 0. The lowest BCUT2D eigenvalue weighted by Gasteiger charge is -2.11. The molecule has 3 N–H and O–H groups in total. The monoisotopic (exact) mass is 266 g/mol. The van der Waals surface area contributed by atoms with Crippen LogP contribution in [0.5, 0.6) is 0 Å². The van der Waals surface area contributed by atoms with E-state index in [-0.39, 0.29) is 0 Å². The highest BCUT2D eigenvalue weighted by Gasteiger charge is 2.07. The van der Waals surface area contributed by atoms with Gasteiger partial charge in [-0.3, -0.25) is 4.98 Å². The van der Waals surface area contributed by atoms with Crippen molar-refractivity contribution in [2.24, 2.45) is 0 Å². The third-order valence-corrected chi connectivity index (χ3v) is 3.15. The molecule has 102 valence electrons. The number of nitrogen functional groups attached to an aromatic ring is 1. The molecule has 0 unspecified atom stereocenters. The molecule has 0 radical (unpaired) electrons. The van der Waals surface area contributed by atoms with Gasteiger partial charge in [-0.25, -0.2) is 0 Å². The molecule has 0 fully saturated rings. The number of aromatic nitrogens is 1. The van der Waals surface area contributed by atoms with Crippen molar-refractivity contribution in [3.63, 3.8) is 0 Å². The Morgan fingerprint density at radius 2 is 1.95 bits per heavy atom. The number of anilines is 2. The summed E-state index contributed by atoms with van der Waals surface area (Å²) in [4.78, 5) is 4.30. The fourth-order valence-electron chi connectivity index (χ4n) is 2.14. The first-order valence-corrected chi connectivity index (χ1v) is 6.57. The Hall–Kier alpha value is -2.54. The van der Waals surface area contributed by atoms with Crippen LogP contribution in [-0.2, 0) is 6.42 Å². The fourth-order valence-corrected chi connectivity index (χ4v) is 2.14. The Bertz CT molecular complexity index is 639. The summed E-state index contributed by atoms with van der Waals surface area (Å²) < 4.78 is 0. The van der Waals surface area contributed by atoms with Crippen LogP contribution in [0.3, 0.4) is 0 Å². The van der Waals surface area contributed by atoms with Crippen molar-refractivity contribution in [3.8, 4) is 6.07 Å². The van der Waals surface area contributed by atoms with Crippen LogP contribution >= 0.6 is 0 Å². The molecule has 0 aliphatic heterocycles. The standard InChI is InChI=1S/C16H18N4/c1-11-9-16(15(10-17)12(2)20-11)19-8-7-13-3-5-14(18)6-4-13/h3-6,9H,7-8,18H2,1-2H3,(H,19,20). The third kappa shape index (κ3) is 3.27. The molecule has 20 heavy (non-hydrogen) atoms. The van der Waals surface area contributed by atoms with Gasteiger partial charge in [-0.1, -0.05) is 12.1 Å². The second-order valence-corrected chi connectivity index (χ2v) is 4.80. The van der Waals surface area contributed by atoms with Gasteiger partial charge < -0.3 is 11.1 Å². The van der Waals surface area contributed by atoms with Crippen LogP contribution in [0.25, 0.3) is 0 Å². The predicted molar refractivity (Wildman–Crippen MR) is 81.5 cm³/mol. The highest BCUT2D eigenvalue weighted by Crippen LogP contribution is 2.18. The van der Waals surface area contributed by atoms with E-state index in [2.05, 4.69) is 16.4 Å². The van der Waals surface area contributed by atoms with Gasteiger partial charge in [0, 0.05) is 17.9 Å². The minimum atomic E-state index is 0.618. The number of rotatable bonds is 4. The molecule has 1 heterocycles. The van der Waals surface area contributed by atoms with E-state index in [4.69, 9.17) is 5.73 Å². The number of hydrogen-bond donors (Lipinski definition) is 2. The average molecular weight is 266 g/mol. The Kier molecular flexibility index (Phi) is 4.21. The first kappa shape index (κ1) is 13.9. The summed E-state index contributed by atoms with van der Waals surface area (Å²) in [6.45, 7) is 4.55. The molecule has 0 saturated heterocycles. The molecule has 2 aromatic rings. The van der Waals surface area contributed by atoms with Crippen molar-refractivity contribution in [1.82, 2.24) is 4.98 Å². The zero-order valence-electron chi connectivity index (χ0n) is 11.8. The van der Waals surface area contributed by atoms with Gasteiger partial charge in [0.1, 0.15) is 6.07 Å². The number of benzene rings is 1. The Balaban J connectivity index is 2.04. The molecule has 4 nitrogen and oxygen atoms in total. The van der Waals surface area contributed by atoms with Crippen molar-refractivity contribution in [3.05, 3.63) is 52.8 Å². The first-order chi connectivity index (χ1) is 9.60. The average Bonchev–Trinajstić information content (AvgIpc) is 2.40. The molecular formula is C16H18N4. The third-order valence-electron chi connectivity index (χ3n) is 3.15. The fraction of sp³-hybridized carbons (Fsp3) is 0.250. The summed E-state index contributed by atoms with van der Waals surface area (Å²) in [5.41, 5.74) is 10.8. The van der Waals surface area contributed by atoms with E-state index in [9.17, 15) is 5.26 Å². The van der Waals surface area contributed by atoms with Gasteiger partial charge in [0.05, 0.1) is 16.9 Å². The smallest absolute Gasteiger partial charge is 0.103 e. The van der Waals surface area contributed by atoms with E-state index in [0.717, 1.165) is 35.7 Å². The van der Waals surface area contributed by atoms with Crippen LogP contribution in [0.4, 0.5) is 11.4 Å². The van der Waals surface area contributed by atoms with Crippen molar-refractivity contribution < 1.29 is 0 Å². The minimum absolute atomic E-state index is 0.618. The molecule has 0 aliphatic carbocycles. The van der Waals surface area contributed by atoms with Crippen LogP contribution < -0.4 is 11.1 Å².